The summed E-state index contributed by atoms with van der Waals surface area (Å²) >= 11 is 1.85. The van der Waals surface area contributed by atoms with Gasteiger partial charge in [-0.3, -0.25) is 4.79 Å². The summed E-state index contributed by atoms with van der Waals surface area (Å²) in [5, 5.41) is 17.0. The van der Waals surface area contributed by atoms with E-state index in [0.29, 0.717) is 31.2 Å². The number of hydrogen-bond donors (Lipinski definition) is 2. The second-order valence-corrected chi connectivity index (χ2v) is 8.49. The van der Waals surface area contributed by atoms with Crippen LogP contribution < -0.4 is 5.32 Å². The van der Waals surface area contributed by atoms with E-state index in [-0.39, 0.29) is 0 Å². The number of carbonyl (C=O) groups is 2. The van der Waals surface area contributed by atoms with Crippen LogP contribution in [0.1, 0.15) is 54.3 Å². The van der Waals surface area contributed by atoms with Gasteiger partial charge in [0.2, 0.25) is 6.41 Å². The molecule has 1 amide bonds. The number of hydrogen-bond acceptors (Lipinski definition) is 7. The fraction of sp³-hybridized carbons (Fsp3) is 0.579. The smallest absolute Gasteiger partial charge is 0.326 e. The molecule has 1 saturated heterocycles. The number of anilines is 1. The van der Waals surface area contributed by atoms with E-state index in [2.05, 4.69) is 15.5 Å². The van der Waals surface area contributed by atoms with E-state index in [0.717, 1.165) is 12.2 Å². The molecule has 28 heavy (non-hydrogen) atoms. The van der Waals surface area contributed by atoms with Crippen molar-refractivity contribution >= 4 is 28.7 Å². The zero-order chi connectivity index (χ0) is 19.7. The second kappa shape index (κ2) is 7.90. The average Bonchev–Trinajstić information content (AvgIpc) is 3.27. The fourth-order valence-electron chi connectivity index (χ4n) is 3.61. The molecule has 0 aromatic carbocycles. The molecule has 1 saturated carbocycles. The van der Waals surface area contributed by atoms with Gasteiger partial charge in [-0.1, -0.05) is 5.16 Å². The lowest BCUT2D eigenvalue weighted by molar-refractivity contribution is -0.152. The molecule has 0 unspecified atom stereocenters. The summed E-state index contributed by atoms with van der Waals surface area (Å²) in [6.07, 6.45) is 8.48. The maximum atomic E-state index is 10.2. The first-order valence-corrected chi connectivity index (χ1v) is 10.5. The molecule has 9 heteroatoms. The topological polar surface area (TPSA) is 109 Å². The fourth-order valence-corrected chi connectivity index (χ4v) is 4.85. The molecule has 150 valence electrons. The molecule has 2 N–H and O–H groups in total. The third kappa shape index (κ3) is 3.63. The molecule has 0 bridgehead atoms. The number of aromatic nitrogens is 2. The molecule has 3 aliphatic rings. The Hall–Kier alpha value is -2.42. The van der Waals surface area contributed by atoms with Crippen molar-refractivity contribution in [3.63, 3.8) is 0 Å². The Morgan fingerprint density at radius 3 is 2.68 bits per heavy atom. The minimum Gasteiger partial charge on any atom is -0.480 e. The summed E-state index contributed by atoms with van der Waals surface area (Å²) in [6, 6.07) is -0.553. The van der Waals surface area contributed by atoms with Crippen LogP contribution in [0.15, 0.2) is 4.52 Å². The minimum absolute atomic E-state index is 0.546. The van der Waals surface area contributed by atoms with E-state index in [1.807, 2.05) is 18.4 Å². The lowest BCUT2D eigenvalue weighted by atomic mass is 9.95. The van der Waals surface area contributed by atoms with Gasteiger partial charge in [0.05, 0.1) is 5.56 Å². The van der Waals surface area contributed by atoms with Crippen molar-refractivity contribution in [3.05, 3.63) is 16.3 Å². The number of rotatable bonds is 5. The van der Waals surface area contributed by atoms with Gasteiger partial charge in [-0.2, -0.15) is 4.98 Å². The molecule has 3 heterocycles. The van der Waals surface area contributed by atoms with Gasteiger partial charge in [-0.05, 0) is 50.5 Å². The van der Waals surface area contributed by atoms with Crippen LogP contribution in [0.3, 0.4) is 0 Å². The number of fused-ring (bicyclic) bond motifs is 1. The van der Waals surface area contributed by atoms with Gasteiger partial charge in [0.15, 0.2) is 5.82 Å². The highest BCUT2D eigenvalue weighted by molar-refractivity contribution is 7.17. The zero-order valence-corrected chi connectivity index (χ0v) is 16.6. The molecule has 2 aliphatic carbocycles. The largest absolute Gasteiger partial charge is 0.480 e. The van der Waals surface area contributed by atoms with Gasteiger partial charge >= 0.3 is 5.97 Å². The number of thiophene rings is 1. The van der Waals surface area contributed by atoms with Crippen molar-refractivity contribution in [2.75, 3.05) is 18.9 Å². The number of aryl methyl sites for hydroxylation is 1. The molecule has 1 atom stereocenters. The molecule has 2 aromatic heterocycles. The third-order valence-corrected chi connectivity index (χ3v) is 6.79. The Morgan fingerprint density at radius 1 is 1.32 bits per heavy atom. The standard InChI is InChI=1S/C14H17N3OS.C5H7NO3/c1-15-14-11(9-4-2-3-5-10(9)19-14)13-16-12(17-18-13)8-6-7-8;7-3-6-2-1-4(6)5(8)9/h8,15H,2-7H2,1H3;3-4H,1-2H2,(H,8,9)/t;4-/m.1/s1. The predicted molar refractivity (Wildman–Crippen MR) is 105 cm³/mol. The van der Waals surface area contributed by atoms with E-state index < -0.39 is 12.0 Å². The van der Waals surface area contributed by atoms with Crippen LogP contribution in [0, 0.1) is 0 Å². The number of nitrogens with zero attached hydrogens (tertiary/aromatic N) is 3. The SMILES string of the molecule is CNc1sc2c(c1-c1nc(C3CC3)no1)CCCC2.O=CN1CC[C@@H]1C(=O)O. The molecule has 0 radical (unpaired) electrons. The van der Waals surface area contributed by atoms with Crippen molar-refractivity contribution < 1.29 is 19.2 Å². The van der Waals surface area contributed by atoms with Crippen LogP contribution in [0.4, 0.5) is 5.00 Å². The van der Waals surface area contributed by atoms with Crippen molar-refractivity contribution in [1.29, 1.82) is 0 Å². The number of aliphatic carboxylic acids is 1. The number of carboxylic acid groups (broad SMARTS) is 1. The lowest BCUT2D eigenvalue weighted by Gasteiger charge is -2.34. The van der Waals surface area contributed by atoms with E-state index in [9.17, 15) is 9.59 Å². The molecular weight excluding hydrogens is 380 g/mol. The number of carboxylic acids is 1. The van der Waals surface area contributed by atoms with Crippen molar-refractivity contribution in [1.82, 2.24) is 15.0 Å². The van der Waals surface area contributed by atoms with E-state index in [4.69, 9.17) is 9.63 Å². The number of nitrogens with one attached hydrogen (secondary N) is 1. The van der Waals surface area contributed by atoms with Crippen LogP contribution in [0.5, 0.6) is 0 Å². The molecule has 2 fully saturated rings. The average molecular weight is 404 g/mol. The van der Waals surface area contributed by atoms with Gasteiger partial charge in [0, 0.05) is 24.4 Å². The quantitative estimate of drug-likeness (QED) is 0.738. The predicted octanol–water partition coefficient (Wildman–Crippen LogP) is 2.90. The maximum Gasteiger partial charge on any atom is 0.326 e. The van der Waals surface area contributed by atoms with Crippen LogP contribution in [0.25, 0.3) is 11.5 Å². The summed E-state index contributed by atoms with van der Waals surface area (Å²) in [4.78, 5) is 27.5. The Balaban J connectivity index is 0.000000181. The van der Waals surface area contributed by atoms with E-state index in [1.54, 1.807) is 0 Å². The lowest BCUT2D eigenvalue weighted by Crippen LogP contribution is -2.51. The highest BCUT2D eigenvalue weighted by Gasteiger charge is 2.32. The summed E-state index contributed by atoms with van der Waals surface area (Å²) < 4.78 is 5.52. The van der Waals surface area contributed by atoms with Crippen molar-refractivity contribution in [3.8, 4) is 11.5 Å². The molecule has 8 nitrogen and oxygen atoms in total. The normalized spacial score (nSPS) is 20.5. The Labute approximate surface area is 166 Å². The van der Waals surface area contributed by atoms with Gasteiger partial charge in [0.1, 0.15) is 11.0 Å². The minimum atomic E-state index is -0.909. The van der Waals surface area contributed by atoms with E-state index in [1.165, 1.54) is 58.0 Å². The van der Waals surface area contributed by atoms with Crippen LogP contribution in [0.2, 0.25) is 0 Å². The maximum absolute atomic E-state index is 10.2. The Kier molecular flexibility index (Phi) is 5.34. The monoisotopic (exact) mass is 404 g/mol. The number of amides is 1. The van der Waals surface area contributed by atoms with Gasteiger partial charge in [-0.25, -0.2) is 4.79 Å². The van der Waals surface area contributed by atoms with Crippen molar-refractivity contribution in [2.24, 2.45) is 0 Å². The first-order chi connectivity index (χ1) is 13.6. The number of carbonyl (C=O) groups excluding carboxylic acids is 1. The van der Waals surface area contributed by atoms with Gasteiger partial charge in [0.25, 0.3) is 5.89 Å². The van der Waals surface area contributed by atoms with Gasteiger partial charge in [-0.15, -0.1) is 11.3 Å². The van der Waals surface area contributed by atoms with Crippen molar-refractivity contribution in [2.45, 2.75) is 56.9 Å². The summed E-state index contributed by atoms with van der Waals surface area (Å²) in [5.41, 5.74) is 2.60. The molecule has 5 rings (SSSR count). The second-order valence-electron chi connectivity index (χ2n) is 7.38. The van der Waals surface area contributed by atoms with Crippen LogP contribution in [-0.2, 0) is 22.4 Å². The van der Waals surface area contributed by atoms with Crippen LogP contribution in [-0.4, -0.2) is 52.2 Å². The highest BCUT2D eigenvalue weighted by atomic mass is 32.1. The Morgan fingerprint density at radius 2 is 2.11 bits per heavy atom. The molecule has 0 spiro atoms. The molecule has 2 aromatic rings. The summed E-state index contributed by atoms with van der Waals surface area (Å²) in [6.45, 7) is 0.584. The first kappa shape index (κ1) is 18.9. The first-order valence-electron chi connectivity index (χ1n) is 9.72. The molecular formula is C19H24N4O4S. The van der Waals surface area contributed by atoms with E-state index >= 15 is 0 Å². The highest BCUT2D eigenvalue weighted by Crippen LogP contribution is 2.45. The Bertz CT molecular complexity index is 873. The number of likely N-dealkylation sites (tertiary alicyclic amines) is 1. The van der Waals surface area contributed by atoms with Gasteiger partial charge < -0.3 is 19.8 Å². The molecule has 1 aliphatic heterocycles. The summed E-state index contributed by atoms with van der Waals surface area (Å²) in [7, 11) is 1.97. The van der Waals surface area contributed by atoms with Crippen LogP contribution >= 0.6 is 11.3 Å². The summed E-state index contributed by atoms with van der Waals surface area (Å²) in [5.74, 6) is 1.25. The zero-order valence-electron chi connectivity index (χ0n) is 15.8. The third-order valence-electron chi connectivity index (χ3n) is 5.48.